The second-order valence-electron chi connectivity index (χ2n) is 10.1. The van der Waals surface area contributed by atoms with Crippen LogP contribution in [-0.4, -0.2) is 52.0 Å². The minimum atomic E-state index is -0.963. The Labute approximate surface area is 234 Å². The van der Waals surface area contributed by atoms with Crippen molar-refractivity contribution in [3.63, 3.8) is 0 Å². The van der Waals surface area contributed by atoms with Crippen LogP contribution in [0.3, 0.4) is 0 Å². The standard InChI is InChI=1S/C31H35N5O4/c1-39-24-17-18-28(40-2)25(19-24)30(31(38)32-23-13-7-4-8-14-23)35(20-22-11-5-3-6-12-22)29(37)21-36-27-16-10-9-15-26(27)33-34-36/h3,5-6,9-12,15-19,23,30H,4,7-8,13-14,20-21H2,1-2H3,(H,32,38)/t30-/m1/s1. The first-order valence-corrected chi connectivity index (χ1v) is 13.7. The van der Waals surface area contributed by atoms with Gasteiger partial charge in [0.05, 0.1) is 19.7 Å². The molecule has 9 heteroatoms. The molecule has 0 saturated heterocycles. The van der Waals surface area contributed by atoms with Crippen LogP contribution in [0.15, 0.2) is 72.8 Å². The highest BCUT2D eigenvalue weighted by molar-refractivity contribution is 5.90. The summed E-state index contributed by atoms with van der Waals surface area (Å²) in [7, 11) is 3.14. The Morgan fingerprint density at radius 3 is 2.48 bits per heavy atom. The first-order chi connectivity index (χ1) is 19.6. The molecule has 1 aliphatic carbocycles. The molecule has 0 radical (unpaired) electrons. The zero-order chi connectivity index (χ0) is 27.9. The summed E-state index contributed by atoms with van der Waals surface area (Å²) in [4.78, 5) is 30.0. The molecule has 0 unspecified atom stereocenters. The van der Waals surface area contributed by atoms with Gasteiger partial charge < -0.3 is 19.7 Å². The largest absolute Gasteiger partial charge is 0.497 e. The lowest BCUT2D eigenvalue weighted by Crippen LogP contribution is -2.47. The van der Waals surface area contributed by atoms with Gasteiger partial charge in [0.2, 0.25) is 11.8 Å². The lowest BCUT2D eigenvalue weighted by atomic mass is 9.94. The second kappa shape index (κ2) is 12.6. The Bertz CT molecular complexity index is 1450. The van der Waals surface area contributed by atoms with Gasteiger partial charge in [0.1, 0.15) is 29.6 Å². The lowest BCUT2D eigenvalue weighted by Gasteiger charge is -2.34. The molecule has 40 heavy (non-hydrogen) atoms. The highest BCUT2D eigenvalue weighted by atomic mass is 16.5. The summed E-state index contributed by atoms with van der Waals surface area (Å²) in [6.07, 6.45) is 5.16. The molecular formula is C31H35N5O4. The number of hydrogen-bond acceptors (Lipinski definition) is 6. The van der Waals surface area contributed by atoms with E-state index >= 15 is 0 Å². The van der Waals surface area contributed by atoms with Crippen molar-refractivity contribution in [1.29, 1.82) is 0 Å². The molecule has 0 spiro atoms. The van der Waals surface area contributed by atoms with Crippen LogP contribution >= 0.6 is 0 Å². The number of carbonyl (C=O) groups is 2. The van der Waals surface area contributed by atoms with E-state index in [4.69, 9.17) is 9.47 Å². The van der Waals surface area contributed by atoms with Crippen LogP contribution in [-0.2, 0) is 22.7 Å². The quantitative estimate of drug-likeness (QED) is 0.313. The monoisotopic (exact) mass is 541 g/mol. The van der Waals surface area contributed by atoms with E-state index in [9.17, 15) is 9.59 Å². The third-order valence-corrected chi connectivity index (χ3v) is 7.46. The van der Waals surface area contributed by atoms with Crippen LogP contribution in [0.25, 0.3) is 11.0 Å². The summed E-state index contributed by atoms with van der Waals surface area (Å²) >= 11 is 0. The van der Waals surface area contributed by atoms with Gasteiger partial charge in [-0.25, -0.2) is 4.68 Å². The molecule has 0 bridgehead atoms. The number of nitrogens with zero attached hydrogens (tertiary/aromatic N) is 4. The molecule has 1 fully saturated rings. The number of aromatic nitrogens is 3. The summed E-state index contributed by atoms with van der Waals surface area (Å²) in [5, 5.41) is 11.7. The number of rotatable bonds is 10. The minimum absolute atomic E-state index is 0.0632. The average molecular weight is 542 g/mol. The zero-order valence-electron chi connectivity index (χ0n) is 23.0. The van der Waals surface area contributed by atoms with Crippen LogP contribution in [0.2, 0.25) is 0 Å². The number of ether oxygens (including phenoxy) is 2. The number of para-hydroxylation sites is 1. The average Bonchev–Trinajstić information content (AvgIpc) is 3.40. The first-order valence-electron chi connectivity index (χ1n) is 13.7. The predicted octanol–water partition coefficient (Wildman–Crippen LogP) is 4.67. The highest BCUT2D eigenvalue weighted by Crippen LogP contribution is 2.35. The fourth-order valence-corrected chi connectivity index (χ4v) is 5.39. The molecule has 1 N–H and O–H groups in total. The SMILES string of the molecule is COc1ccc(OC)c([C@H](C(=O)NC2CCCCC2)N(Cc2ccccc2)C(=O)Cn2nnc3ccccc32)c1. The van der Waals surface area contributed by atoms with Gasteiger partial charge in [0, 0.05) is 18.2 Å². The molecule has 5 rings (SSSR count). The lowest BCUT2D eigenvalue weighted by molar-refractivity contribution is -0.142. The minimum Gasteiger partial charge on any atom is -0.497 e. The number of amides is 2. The van der Waals surface area contributed by atoms with E-state index in [0.717, 1.165) is 36.8 Å². The fourth-order valence-electron chi connectivity index (χ4n) is 5.39. The molecule has 9 nitrogen and oxygen atoms in total. The maximum atomic E-state index is 14.2. The van der Waals surface area contributed by atoms with Crippen molar-refractivity contribution in [2.75, 3.05) is 14.2 Å². The number of nitrogens with one attached hydrogen (secondary N) is 1. The van der Waals surface area contributed by atoms with E-state index in [1.165, 1.54) is 6.42 Å². The van der Waals surface area contributed by atoms with Crippen LogP contribution < -0.4 is 14.8 Å². The summed E-state index contributed by atoms with van der Waals surface area (Å²) in [5.74, 6) is 0.557. The van der Waals surface area contributed by atoms with E-state index in [-0.39, 0.29) is 30.9 Å². The van der Waals surface area contributed by atoms with Gasteiger partial charge in [-0.1, -0.05) is 66.9 Å². The Hall–Kier alpha value is -4.40. The summed E-state index contributed by atoms with van der Waals surface area (Å²) in [5.41, 5.74) is 2.91. The molecule has 4 aromatic rings. The summed E-state index contributed by atoms with van der Waals surface area (Å²) < 4.78 is 12.8. The molecule has 1 atom stereocenters. The van der Waals surface area contributed by atoms with E-state index in [0.29, 0.717) is 22.6 Å². The third-order valence-electron chi connectivity index (χ3n) is 7.46. The Kier molecular flexibility index (Phi) is 8.59. The van der Waals surface area contributed by atoms with Crippen molar-refractivity contribution in [3.05, 3.63) is 83.9 Å². The van der Waals surface area contributed by atoms with Crippen molar-refractivity contribution < 1.29 is 19.1 Å². The van der Waals surface area contributed by atoms with Crippen molar-refractivity contribution in [2.24, 2.45) is 0 Å². The molecule has 1 saturated carbocycles. The fraction of sp³-hybridized carbons (Fsp3) is 0.355. The van der Waals surface area contributed by atoms with Crippen LogP contribution in [0.5, 0.6) is 11.5 Å². The molecule has 2 amide bonds. The maximum absolute atomic E-state index is 14.2. The Morgan fingerprint density at radius 2 is 1.73 bits per heavy atom. The molecule has 1 aromatic heterocycles. The Balaban J connectivity index is 1.58. The molecular weight excluding hydrogens is 506 g/mol. The Morgan fingerprint density at radius 1 is 0.975 bits per heavy atom. The second-order valence-corrected chi connectivity index (χ2v) is 10.1. The van der Waals surface area contributed by atoms with E-state index in [1.807, 2.05) is 54.6 Å². The van der Waals surface area contributed by atoms with Crippen LogP contribution in [0.1, 0.15) is 49.3 Å². The van der Waals surface area contributed by atoms with Gasteiger partial charge in [-0.2, -0.15) is 0 Å². The van der Waals surface area contributed by atoms with Gasteiger partial charge in [0.15, 0.2) is 0 Å². The van der Waals surface area contributed by atoms with Gasteiger partial charge in [0.25, 0.3) is 0 Å². The molecule has 1 aliphatic rings. The topological polar surface area (TPSA) is 98.6 Å². The van der Waals surface area contributed by atoms with Crippen LogP contribution in [0.4, 0.5) is 0 Å². The predicted molar refractivity (Wildman–Crippen MR) is 152 cm³/mol. The van der Waals surface area contributed by atoms with Crippen molar-refractivity contribution in [1.82, 2.24) is 25.2 Å². The van der Waals surface area contributed by atoms with E-state index in [2.05, 4.69) is 15.6 Å². The normalized spacial score (nSPS) is 14.4. The number of fused-ring (bicyclic) bond motifs is 1. The smallest absolute Gasteiger partial charge is 0.247 e. The first kappa shape index (κ1) is 27.2. The summed E-state index contributed by atoms with van der Waals surface area (Å²) in [6, 6.07) is 21.6. The molecule has 208 valence electrons. The van der Waals surface area contributed by atoms with E-state index in [1.54, 1.807) is 42.0 Å². The number of methoxy groups -OCH3 is 2. The van der Waals surface area contributed by atoms with Crippen molar-refractivity contribution in [3.8, 4) is 11.5 Å². The number of hydrogen-bond donors (Lipinski definition) is 1. The number of benzene rings is 3. The van der Waals surface area contributed by atoms with Gasteiger partial charge in [-0.05, 0) is 48.7 Å². The van der Waals surface area contributed by atoms with Crippen molar-refractivity contribution >= 4 is 22.8 Å². The summed E-state index contributed by atoms with van der Waals surface area (Å²) in [6.45, 7) is 0.141. The number of carbonyl (C=O) groups excluding carboxylic acids is 2. The van der Waals surface area contributed by atoms with Gasteiger partial charge in [-0.15, -0.1) is 5.10 Å². The van der Waals surface area contributed by atoms with Gasteiger partial charge in [-0.3, -0.25) is 9.59 Å². The van der Waals surface area contributed by atoms with E-state index < -0.39 is 6.04 Å². The third kappa shape index (κ3) is 6.09. The van der Waals surface area contributed by atoms with Crippen molar-refractivity contribution in [2.45, 2.75) is 57.3 Å². The van der Waals surface area contributed by atoms with Crippen LogP contribution in [0, 0.1) is 0 Å². The zero-order valence-corrected chi connectivity index (χ0v) is 23.0. The highest BCUT2D eigenvalue weighted by Gasteiger charge is 2.35. The maximum Gasteiger partial charge on any atom is 0.247 e. The molecule has 1 heterocycles. The molecule has 3 aromatic carbocycles. The van der Waals surface area contributed by atoms with Gasteiger partial charge >= 0.3 is 0 Å². The molecule has 0 aliphatic heterocycles.